The molecule has 0 atom stereocenters. The Morgan fingerprint density at radius 2 is 1.94 bits per heavy atom. The van der Waals surface area contributed by atoms with Crippen LogP contribution in [-0.2, 0) is 0 Å². The van der Waals surface area contributed by atoms with Crippen molar-refractivity contribution in [3.63, 3.8) is 0 Å². The van der Waals surface area contributed by atoms with E-state index in [9.17, 15) is 0 Å². The third-order valence-electron chi connectivity index (χ3n) is 3.21. The van der Waals surface area contributed by atoms with Gasteiger partial charge in [-0.05, 0) is 42.7 Å². The molecule has 0 unspecified atom stereocenters. The van der Waals surface area contributed by atoms with Gasteiger partial charge < -0.3 is 4.90 Å². The van der Waals surface area contributed by atoms with E-state index >= 15 is 0 Å². The first-order valence-electron chi connectivity index (χ1n) is 6.21. The van der Waals surface area contributed by atoms with Crippen LogP contribution in [0.2, 0.25) is 0 Å². The molecule has 0 N–H and O–H groups in total. The van der Waals surface area contributed by atoms with Crippen LogP contribution in [0.3, 0.4) is 0 Å². The Hall–Kier alpha value is -2.24. The molecule has 0 amide bonds. The molecule has 0 saturated heterocycles. The number of benzene rings is 1. The maximum absolute atomic E-state index is 3.35. The van der Waals surface area contributed by atoms with Crippen molar-refractivity contribution in [2.24, 2.45) is 0 Å². The van der Waals surface area contributed by atoms with E-state index in [1.54, 1.807) is 0 Å². The summed E-state index contributed by atoms with van der Waals surface area (Å²) in [5.74, 6) is 0. The van der Waals surface area contributed by atoms with Crippen molar-refractivity contribution in [2.75, 3.05) is 0 Å². The van der Waals surface area contributed by atoms with E-state index in [0.29, 0.717) is 0 Å². The van der Waals surface area contributed by atoms with Gasteiger partial charge in [-0.15, -0.1) is 0 Å². The minimum atomic E-state index is 0.950. The van der Waals surface area contributed by atoms with Crippen molar-refractivity contribution in [3.8, 4) is 0 Å². The van der Waals surface area contributed by atoms with Crippen molar-refractivity contribution < 1.29 is 0 Å². The molecule has 0 spiro atoms. The smallest absolute Gasteiger partial charge is 0.0882 e. The maximum Gasteiger partial charge on any atom is 0.0882 e. The highest BCUT2D eigenvalue weighted by Gasteiger charge is 2.17. The summed E-state index contributed by atoms with van der Waals surface area (Å²) < 4.78 is 0. The zero-order chi connectivity index (χ0) is 12.4. The van der Waals surface area contributed by atoms with Crippen molar-refractivity contribution in [2.45, 2.75) is 13.3 Å². The molecule has 1 aromatic rings. The molecule has 0 aliphatic carbocycles. The van der Waals surface area contributed by atoms with Crippen molar-refractivity contribution in [3.05, 3.63) is 83.4 Å². The second kappa shape index (κ2) is 4.56. The number of nitrogens with zero attached hydrogens (tertiary/aromatic N) is 1. The van der Waals surface area contributed by atoms with E-state index < -0.39 is 0 Å². The first-order chi connectivity index (χ1) is 8.86. The number of hydrogen-bond donors (Lipinski definition) is 0. The fraction of sp³-hybridized carbons (Fsp3) is 0.118. The van der Waals surface area contributed by atoms with Gasteiger partial charge in [0.15, 0.2) is 0 Å². The quantitative estimate of drug-likeness (QED) is 0.655. The number of fused-ring (bicyclic) bond motifs is 1. The summed E-state index contributed by atoms with van der Waals surface area (Å²) in [6.07, 6.45) is 11.4. The minimum absolute atomic E-state index is 0.950. The molecule has 18 heavy (non-hydrogen) atoms. The van der Waals surface area contributed by atoms with Crippen molar-refractivity contribution in [1.29, 1.82) is 0 Å². The lowest BCUT2D eigenvalue weighted by molar-refractivity contribution is 0.671. The van der Waals surface area contributed by atoms with Crippen LogP contribution in [0.4, 0.5) is 0 Å². The summed E-state index contributed by atoms with van der Waals surface area (Å²) >= 11 is 0. The predicted octanol–water partition coefficient (Wildman–Crippen LogP) is 4.25. The van der Waals surface area contributed by atoms with Crippen LogP contribution in [0.25, 0.3) is 5.70 Å². The van der Waals surface area contributed by atoms with E-state index in [4.69, 9.17) is 0 Å². The SMILES string of the molecule is CC1=C(c2ccccc2)N2C=CC=CC2=C=CC1. The molecular weight excluding hydrogens is 218 g/mol. The molecule has 2 aliphatic heterocycles. The van der Waals surface area contributed by atoms with E-state index in [1.165, 1.54) is 16.8 Å². The van der Waals surface area contributed by atoms with Gasteiger partial charge in [-0.3, -0.25) is 0 Å². The molecule has 0 bridgehead atoms. The standard InChI is InChI=1S/C17H15N/c1-14-8-7-12-16-11-5-6-13-18(16)17(14)15-9-3-2-4-10-15/h2-7,9-11,13H,8H2,1H3. The van der Waals surface area contributed by atoms with E-state index in [1.807, 2.05) is 0 Å². The van der Waals surface area contributed by atoms with Gasteiger partial charge in [0.25, 0.3) is 0 Å². The highest BCUT2D eigenvalue weighted by Crippen LogP contribution is 2.31. The van der Waals surface area contributed by atoms with Gasteiger partial charge in [0.1, 0.15) is 0 Å². The summed E-state index contributed by atoms with van der Waals surface area (Å²) in [6, 6.07) is 10.5. The van der Waals surface area contributed by atoms with Gasteiger partial charge in [0, 0.05) is 6.20 Å². The van der Waals surface area contributed by atoms with Crippen LogP contribution < -0.4 is 0 Å². The van der Waals surface area contributed by atoms with Crippen LogP contribution >= 0.6 is 0 Å². The van der Waals surface area contributed by atoms with Crippen LogP contribution in [0, 0.1) is 0 Å². The Morgan fingerprint density at radius 1 is 1.11 bits per heavy atom. The number of allylic oxidation sites excluding steroid dienone is 4. The van der Waals surface area contributed by atoms with Crippen LogP contribution in [0.1, 0.15) is 18.9 Å². The normalized spacial score (nSPS) is 17.6. The largest absolute Gasteiger partial charge is 0.310 e. The number of rotatable bonds is 1. The Morgan fingerprint density at radius 3 is 2.78 bits per heavy atom. The third kappa shape index (κ3) is 1.85. The predicted molar refractivity (Wildman–Crippen MR) is 75.4 cm³/mol. The van der Waals surface area contributed by atoms with Crippen LogP contribution in [0.5, 0.6) is 0 Å². The summed E-state index contributed by atoms with van der Waals surface area (Å²) in [4.78, 5) is 2.22. The minimum Gasteiger partial charge on any atom is -0.310 e. The first kappa shape index (κ1) is 10.9. The molecule has 3 rings (SSSR count). The fourth-order valence-electron chi connectivity index (χ4n) is 2.35. The van der Waals surface area contributed by atoms with Gasteiger partial charge in [-0.25, -0.2) is 0 Å². The molecule has 2 heterocycles. The zero-order valence-electron chi connectivity index (χ0n) is 10.4. The second-order valence-corrected chi connectivity index (χ2v) is 4.50. The summed E-state index contributed by atoms with van der Waals surface area (Å²) in [5, 5.41) is 0. The van der Waals surface area contributed by atoms with Gasteiger partial charge in [0.05, 0.1) is 11.4 Å². The summed E-state index contributed by atoms with van der Waals surface area (Å²) in [7, 11) is 0. The molecule has 1 nitrogen and oxygen atoms in total. The highest BCUT2D eigenvalue weighted by atomic mass is 15.1. The molecular formula is C17H15N. The highest BCUT2D eigenvalue weighted by molar-refractivity contribution is 5.71. The molecule has 1 aromatic carbocycles. The Labute approximate surface area is 108 Å². The van der Waals surface area contributed by atoms with Crippen molar-refractivity contribution in [1.82, 2.24) is 4.90 Å². The molecule has 0 aromatic heterocycles. The lowest BCUT2D eigenvalue weighted by atomic mass is 10.0. The maximum atomic E-state index is 3.35. The van der Waals surface area contributed by atoms with Crippen molar-refractivity contribution >= 4 is 5.70 Å². The molecule has 88 valence electrons. The van der Waals surface area contributed by atoms with E-state index in [2.05, 4.69) is 78.4 Å². The Kier molecular flexibility index (Phi) is 2.76. The lowest BCUT2D eigenvalue weighted by Crippen LogP contribution is -2.16. The van der Waals surface area contributed by atoms with E-state index in [0.717, 1.165) is 12.1 Å². The van der Waals surface area contributed by atoms with E-state index in [-0.39, 0.29) is 0 Å². The first-order valence-corrected chi connectivity index (χ1v) is 6.21. The average Bonchev–Trinajstić information content (AvgIpc) is 2.58. The van der Waals surface area contributed by atoms with Crippen LogP contribution in [-0.4, -0.2) is 4.90 Å². The summed E-state index contributed by atoms with van der Waals surface area (Å²) in [6.45, 7) is 2.19. The summed E-state index contributed by atoms with van der Waals surface area (Å²) in [5.41, 5.74) is 8.35. The zero-order valence-corrected chi connectivity index (χ0v) is 10.4. The monoisotopic (exact) mass is 233 g/mol. The van der Waals surface area contributed by atoms with Crippen LogP contribution in [0.15, 0.2) is 77.8 Å². The Bertz CT molecular complexity index is 608. The number of hydrogen-bond acceptors (Lipinski definition) is 1. The average molecular weight is 233 g/mol. The molecule has 0 fully saturated rings. The Balaban J connectivity index is 2.15. The fourth-order valence-corrected chi connectivity index (χ4v) is 2.35. The molecule has 0 saturated carbocycles. The van der Waals surface area contributed by atoms with Gasteiger partial charge in [0.2, 0.25) is 0 Å². The topological polar surface area (TPSA) is 3.24 Å². The molecule has 0 radical (unpaired) electrons. The second-order valence-electron chi connectivity index (χ2n) is 4.50. The molecule has 2 aliphatic rings. The molecule has 1 heteroatoms. The van der Waals surface area contributed by atoms with Gasteiger partial charge in [-0.2, -0.15) is 0 Å². The van der Waals surface area contributed by atoms with Gasteiger partial charge in [-0.1, -0.05) is 42.1 Å². The lowest BCUT2D eigenvalue weighted by Gasteiger charge is -2.26. The third-order valence-corrected chi connectivity index (χ3v) is 3.21. The van der Waals surface area contributed by atoms with Gasteiger partial charge >= 0.3 is 0 Å².